The van der Waals surface area contributed by atoms with Gasteiger partial charge in [-0.2, -0.15) is 0 Å². The van der Waals surface area contributed by atoms with Gasteiger partial charge in [0.2, 0.25) is 0 Å². The van der Waals surface area contributed by atoms with Crippen molar-refractivity contribution in [2.24, 2.45) is 0 Å². The topological polar surface area (TPSA) is 48.0 Å². The van der Waals surface area contributed by atoms with Gasteiger partial charge >= 0.3 is 0 Å². The van der Waals surface area contributed by atoms with Crippen molar-refractivity contribution in [2.75, 3.05) is 33.9 Å². The van der Waals surface area contributed by atoms with Crippen LogP contribution in [0.5, 0.6) is 5.75 Å². The van der Waals surface area contributed by atoms with E-state index >= 15 is 0 Å². The van der Waals surface area contributed by atoms with E-state index in [0.717, 1.165) is 32.3 Å². The van der Waals surface area contributed by atoms with Crippen LogP contribution >= 0.6 is 0 Å². The number of nitrogens with zero attached hydrogens (tertiary/aromatic N) is 1. The number of benzene rings is 1. The summed E-state index contributed by atoms with van der Waals surface area (Å²) >= 11 is 0. The van der Waals surface area contributed by atoms with Crippen molar-refractivity contribution in [1.82, 2.24) is 4.90 Å². The molecule has 1 aromatic rings. The Bertz CT molecular complexity index is 599. The van der Waals surface area contributed by atoms with Crippen molar-refractivity contribution in [3.8, 4) is 5.75 Å². The minimum absolute atomic E-state index is 0.0761. The number of likely N-dealkylation sites (tertiary alicyclic amines) is 1. The van der Waals surface area contributed by atoms with E-state index in [1.165, 1.54) is 25.3 Å². The molecule has 0 radical (unpaired) electrons. The van der Waals surface area contributed by atoms with Crippen LogP contribution in [0.1, 0.15) is 36.0 Å². The highest BCUT2D eigenvalue weighted by Gasteiger charge is 2.45. The molecule has 0 N–H and O–H groups in total. The SMILES string of the molecule is COc1ccc(F)cc1C(=O)N1CCC2(CC1)OCCC[C@H]2OC. The molecule has 6 heteroatoms. The summed E-state index contributed by atoms with van der Waals surface area (Å²) in [6.45, 7) is 1.88. The Labute approximate surface area is 141 Å². The summed E-state index contributed by atoms with van der Waals surface area (Å²) in [4.78, 5) is 14.5. The van der Waals surface area contributed by atoms with Crippen LogP contribution < -0.4 is 4.74 Å². The van der Waals surface area contributed by atoms with Gasteiger partial charge in [0.15, 0.2) is 0 Å². The van der Waals surface area contributed by atoms with Crippen LogP contribution in [0.3, 0.4) is 0 Å². The fourth-order valence-electron chi connectivity index (χ4n) is 3.81. The molecule has 1 amide bonds. The van der Waals surface area contributed by atoms with Crippen molar-refractivity contribution in [3.63, 3.8) is 0 Å². The molecule has 0 aliphatic carbocycles. The molecule has 2 aliphatic heterocycles. The normalized spacial score (nSPS) is 23.3. The van der Waals surface area contributed by atoms with Crippen molar-refractivity contribution in [2.45, 2.75) is 37.4 Å². The van der Waals surface area contributed by atoms with Gasteiger partial charge in [0.1, 0.15) is 11.6 Å². The first-order valence-corrected chi connectivity index (χ1v) is 8.39. The Morgan fingerprint density at radius 3 is 2.75 bits per heavy atom. The third-order valence-corrected chi connectivity index (χ3v) is 5.16. The summed E-state index contributed by atoms with van der Waals surface area (Å²) in [5.41, 5.74) is -0.0307. The molecule has 0 aromatic heterocycles. The fraction of sp³-hybridized carbons (Fsp3) is 0.611. The molecule has 132 valence electrons. The summed E-state index contributed by atoms with van der Waals surface area (Å²) in [6, 6.07) is 4.01. The first-order chi connectivity index (χ1) is 11.6. The van der Waals surface area contributed by atoms with Crippen LogP contribution in [0.2, 0.25) is 0 Å². The van der Waals surface area contributed by atoms with Gasteiger partial charge in [-0.3, -0.25) is 4.79 Å². The largest absolute Gasteiger partial charge is 0.496 e. The zero-order chi connectivity index (χ0) is 17.2. The summed E-state index contributed by atoms with van der Waals surface area (Å²) < 4.78 is 30.4. The molecule has 5 nitrogen and oxygen atoms in total. The van der Waals surface area contributed by atoms with Gasteiger partial charge in [0.05, 0.1) is 24.4 Å². The zero-order valence-electron chi connectivity index (χ0n) is 14.2. The van der Waals surface area contributed by atoms with E-state index < -0.39 is 5.82 Å². The standard InChI is InChI=1S/C18H24FNO4/c1-22-15-6-5-13(19)12-14(15)17(21)20-9-7-18(8-10-20)16(23-2)4-3-11-24-18/h5-6,12,16H,3-4,7-11H2,1-2H3/t16-/m1/s1. The van der Waals surface area contributed by atoms with E-state index in [2.05, 4.69) is 0 Å². The van der Waals surface area contributed by atoms with Crippen LogP contribution in [0.4, 0.5) is 4.39 Å². The van der Waals surface area contributed by atoms with Crippen molar-refractivity contribution < 1.29 is 23.4 Å². The van der Waals surface area contributed by atoms with E-state index in [1.807, 2.05) is 0 Å². The van der Waals surface area contributed by atoms with Gasteiger partial charge in [-0.05, 0) is 43.9 Å². The second-order valence-corrected chi connectivity index (χ2v) is 6.42. The number of methoxy groups -OCH3 is 2. The van der Waals surface area contributed by atoms with Crippen LogP contribution in [0, 0.1) is 5.82 Å². The fourth-order valence-corrected chi connectivity index (χ4v) is 3.81. The molecule has 24 heavy (non-hydrogen) atoms. The smallest absolute Gasteiger partial charge is 0.257 e. The maximum atomic E-state index is 13.5. The Hall–Kier alpha value is -1.66. The monoisotopic (exact) mass is 337 g/mol. The van der Waals surface area contributed by atoms with Crippen molar-refractivity contribution in [3.05, 3.63) is 29.6 Å². The number of piperidine rings is 1. The number of ether oxygens (including phenoxy) is 3. The molecular formula is C18H24FNO4. The second-order valence-electron chi connectivity index (χ2n) is 6.42. The third kappa shape index (κ3) is 3.13. The highest BCUT2D eigenvalue weighted by atomic mass is 19.1. The van der Waals surface area contributed by atoms with Crippen molar-refractivity contribution >= 4 is 5.91 Å². The molecule has 2 heterocycles. The number of carbonyl (C=O) groups is 1. The van der Waals surface area contributed by atoms with Crippen LogP contribution in [-0.4, -0.2) is 56.4 Å². The van der Waals surface area contributed by atoms with Crippen molar-refractivity contribution in [1.29, 1.82) is 0 Å². The second kappa shape index (κ2) is 7.07. The van der Waals surface area contributed by atoms with Gasteiger partial charge in [0, 0.05) is 26.8 Å². The highest BCUT2D eigenvalue weighted by Crippen LogP contribution is 2.37. The summed E-state index contributed by atoms with van der Waals surface area (Å²) in [7, 11) is 3.20. The lowest BCUT2D eigenvalue weighted by atomic mass is 9.81. The Balaban J connectivity index is 1.72. The number of rotatable bonds is 3. The quantitative estimate of drug-likeness (QED) is 0.851. The lowest BCUT2D eigenvalue weighted by molar-refractivity contribution is -0.183. The van der Waals surface area contributed by atoms with E-state index in [-0.39, 0.29) is 23.2 Å². The van der Waals surface area contributed by atoms with E-state index in [9.17, 15) is 9.18 Å². The molecule has 0 saturated carbocycles. The predicted octanol–water partition coefficient (Wildman–Crippen LogP) is 2.63. The maximum Gasteiger partial charge on any atom is 0.257 e. The zero-order valence-corrected chi connectivity index (χ0v) is 14.2. The third-order valence-electron chi connectivity index (χ3n) is 5.16. The molecule has 1 aromatic carbocycles. The predicted molar refractivity (Wildman–Crippen MR) is 86.8 cm³/mol. The lowest BCUT2D eigenvalue weighted by Gasteiger charge is -2.48. The van der Waals surface area contributed by atoms with E-state index in [4.69, 9.17) is 14.2 Å². The number of hydrogen-bond acceptors (Lipinski definition) is 4. The molecule has 1 spiro atoms. The number of amides is 1. The van der Waals surface area contributed by atoms with Gasteiger partial charge in [-0.25, -0.2) is 4.39 Å². The molecule has 1 atom stereocenters. The number of halogens is 1. The highest BCUT2D eigenvalue weighted by molar-refractivity contribution is 5.97. The summed E-state index contributed by atoms with van der Waals surface area (Å²) in [5.74, 6) is -0.251. The van der Waals surface area contributed by atoms with Crippen LogP contribution in [-0.2, 0) is 9.47 Å². The van der Waals surface area contributed by atoms with Crippen LogP contribution in [0.25, 0.3) is 0 Å². The minimum atomic E-state index is -0.442. The Morgan fingerprint density at radius 1 is 1.33 bits per heavy atom. The first kappa shape index (κ1) is 17.2. The van der Waals surface area contributed by atoms with Gasteiger partial charge in [0.25, 0.3) is 5.91 Å². The molecule has 2 fully saturated rings. The Kier molecular flexibility index (Phi) is 5.06. The number of carbonyl (C=O) groups excluding carboxylic acids is 1. The van der Waals surface area contributed by atoms with Gasteiger partial charge in [-0.15, -0.1) is 0 Å². The Morgan fingerprint density at radius 2 is 2.08 bits per heavy atom. The molecule has 0 unspecified atom stereocenters. The number of hydrogen-bond donors (Lipinski definition) is 0. The van der Waals surface area contributed by atoms with E-state index in [1.54, 1.807) is 12.0 Å². The average molecular weight is 337 g/mol. The molecule has 2 aliphatic rings. The minimum Gasteiger partial charge on any atom is -0.496 e. The summed E-state index contributed by atoms with van der Waals surface area (Å²) in [5, 5.41) is 0. The molecular weight excluding hydrogens is 313 g/mol. The molecule has 2 saturated heterocycles. The van der Waals surface area contributed by atoms with Crippen LogP contribution in [0.15, 0.2) is 18.2 Å². The first-order valence-electron chi connectivity index (χ1n) is 8.39. The average Bonchev–Trinajstić information content (AvgIpc) is 2.62. The lowest BCUT2D eigenvalue weighted by Crippen LogP contribution is -2.56. The molecule has 3 rings (SSSR count). The summed E-state index contributed by atoms with van der Waals surface area (Å²) in [6.07, 6.45) is 3.53. The van der Waals surface area contributed by atoms with E-state index in [0.29, 0.717) is 18.8 Å². The molecule has 0 bridgehead atoms. The van der Waals surface area contributed by atoms with Gasteiger partial charge in [-0.1, -0.05) is 0 Å². The van der Waals surface area contributed by atoms with Gasteiger partial charge < -0.3 is 19.1 Å². The maximum absolute atomic E-state index is 13.5.